The fourth-order valence-corrected chi connectivity index (χ4v) is 2.17. The highest BCUT2D eigenvalue weighted by Gasteiger charge is 2.43. The SMILES string of the molecule is C[C@@H]1O[C@H]([C@@H](O)Cc2ccccc2)[C@@H](O)[C@H]1O. The molecule has 1 aliphatic heterocycles. The zero-order valence-corrected chi connectivity index (χ0v) is 9.73. The van der Waals surface area contributed by atoms with Gasteiger partial charge in [-0.05, 0) is 12.5 Å². The molecule has 0 saturated carbocycles. The van der Waals surface area contributed by atoms with Crippen molar-refractivity contribution in [3.8, 4) is 0 Å². The van der Waals surface area contributed by atoms with Gasteiger partial charge in [-0.25, -0.2) is 0 Å². The molecule has 17 heavy (non-hydrogen) atoms. The maximum Gasteiger partial charge on any atom is 0.113 e. The second kappa shape index (κ2) is 5.14. The van der Waals surface area contributed by atoms with Crippen LogP contribution >= 0.6 is 0 Å². The van der Waals surface area contributed by atoms with Crippen LogP contribution < -0.4 is 0 Å². The summed E-state index contributed by atoms with van der Waals surface area (Å²) in [5.74, 6) is 0. The first-order chi connectivity index (χ1) is 8.09. The molecule has 4 heteroatoms. The van der Waals surface area contributed by atoms with E-state index in [9.17, 15) is 15.3 Å². The lowest BCUT2D eigenvalue weighted by molar-refractivity contribution is -0.0613. The van der Waals surface area contributed by atoms with E-state index in [1.165, 1.54) is 0 Å². The highest BCUT2D eigenvalue weighted by atomic mass is 16.6. The highest BCUT2D eigenvalue weighted by Crippen LogP contribution is 2.24. The van der Waals surface area contributed by atoms with Crippen LogP contribution in [0.5, 0.6) is 0 Å². The van der Waals surface area contributed by atoms with Crippen LogP contribution in [0.25, 0.3) is 0 Å². The van der Waals surface area contributed by atoms with Crippen molar-refractivity contribution in [1.29, 1.82) is 0 Å². The summed E-state index contributed by atoms with van der Waals surface area (Å²) in [4.78, 5) is 0. The molecule has 0 amide bonds. The lowest BCUT2D eigenvalue weighted by Gasteiger charge is -2.21. The molecule has 0 bridgehead atoms. The minimum absolute atomic E-state index is 0.405. The average molecular weight is 238 g/mol. The maximum absolute atomic E-state index is 10.0. The van der Waals surface area contributed by atoms with Gasteiger partial charge in [0.2, 0.25) is 0 Å². The number of hydrogen-bond donors (Lipinski definition) is 3. The van der Waals surface area contributed by atoms with E-state index in [0.29, 0.717) is 6.42 Å². The van der Waals surface area contributed by atoms with Crippen molar-refractivity contribution in [3.05, 3.63) is 35.9 Å². The van der Waals surface area contributed by atoms with E-state index < -0.39 is 30.5 Å². The van der Waals surface area contributed by atoms with Gasteiger partial charge >= 0.3 is 0 Å². The Hall–Kier alpha value is -0.940. The Balaban J connectivity index is 1.99. The maximum atomic E-state index is 10.0. The van der Waals surface area contributed by atoms with E-state index in [-0.39, 0.29) is 0 Å². The van der Waals surface area contributed by atoms with Crippen LogP contribution in [-0.4, -0.2) is 45.8 Å². The Morgan fingerprint density at radius 3 is 2.35 bits per heavy atom. The second-order valence-electron chi connectivity index (χ2n) is 4.54. The number of hydrogen-bond acceptors (Lipinski definition) is 4. The molecule has 3 N–H and O–H groups in total. The molecule has 0 aromatic heterocycles. The molecule has 5 atom stereocenters. The molecule has 1 aromatic rings. The molecule has 0 unspecified atom stereocenters. The summed E-state index contributed by atoms with van der Waals surface area (Å²) in [6.45, 7) is 1.68. The molecule has 0 radical (unpaired) electrons. The first kappa shape index (κ1) is 12.5. The molecule has 94 valence electrons. The van der Waals surface area contributed by atoms with Gasteiger partial charge in [-0.15, -0.1) is 0 Å². The van der Waals surface area contributed by atoms with E-state index in [1.54, 1.807) is 6.92 Å². The lowest BCUT2D eigenvalue weighted by Crippen LogP contribution is -2.39. The van der Waals surface area contributed by atoms with Crippen LogP contribution in [0.3, 0.4) is 0 Å². The lowest BCUT2D eigenvalue weighted by atomic mass is 9.99. The van der Waals surface area contributed by atoms with Crippen molar-refractivity contribution in [3.63, 3.8) is 0 Å². The second-order valence-corrected chi connectivity index (χ2v) is 4.54. The molecule has 1 aliphatic rings. The average Bonchev–Trinajstić information content (AvgIpc) is 2.58. The summed E-state index contributed by atoms with van der Waals surface area (Å²) in [6.07, 6.45) is -3.52. The van der Waals surface area contributed by atoms with E-state index >= 15 is 0 Å². The summed E-state index contributed by atoms with van der Waals surface area (Å²) in [7, 11) is 0. The van der Waals surface area contributed by atoms with Crippen LogP contribution in [0.1, 0.15) is 12.5 Å². The number of rotatable bonds is 3. The fourth-order valence-electron chi connectivity index (χ4n) is 2.17. The molecular weight excluding hydrogens is 220 g/mol. The molecular formula is C13H18O4. The first-order valence-electron chi connectivity index (χ1n) is 5.83. The molecule has 0 spiro atoms. The van der Waals surface area contributed by atoms with Gasteiger partial charge in [-0.1, -0.05) is 30.3 Å². The molecule has 2 rings (SSSR count). The summed E-state index contributed by atoms with van der Waals surface area (Å²) < 4.78 is 5.37. The Kier molecular flexibility index (Phi) is 3.79. The third-order valence-electron chi connectivity index (χ3n) is 3.21. The summed E-state index contributed by atoms with van der Waals surface area (Å²) in [5, 5.41) is 29.3. The molecule has 1 heterocycles. The van der Waals surface area contributed by atoms with Gasteiger partial charge in [0, 0.05) is 6.42 Å². The van der Waals surface area contributed by atoms with Gasteiger partial charge in [0.1, 0.15) is 18.3 Å². The van der Waals surface area contributed by atoms with Crippen molar-refractivity contribution < 1.29 is 20.1 Å². The molecule has 4 nitrogen and oxygen atoms in total. The molecule has 1 saturated heterocycles. The zero-order valence-electron chi connectivity index (χ0n) is 9.73. The third-order valence-corrected chi connectivity index (χ3v) is 3.21. The normalized spacial score (nSPS) is 34.8. The topological polar surface area (TPSA) is 69.9 Å². The number of aliphatic hydroxyl groups excluding tert-OH is 3. The van der Waals surface area contributed by atoms with E-state index in [1.807, 2.05) is 30.3 Å². The summed E-state index contributed by atoms with van der Waals surface area (Å²) in [5.41, 5.74) is 0.977. The van der Waals surface area contributed by atoms with Crippen molar-refractivity contribution in [2.24, 2.45) is 0 Å². The minimum atomic E-state index is -1.02. The van der Waals surface area contributed by atoms with Gasteiger partial charge in [-0.3, -0.25) is 0 Å². The highest BCUT2D eigenvalue weighted by molar-refractivity contribution is 5.16. The number of ether oxygens (including phenoxy) is 1. The van der Waals surface area contributed by atoms with Crippen molar-refractivity contribution in [2.75, 3.05) is 0 Å². The van der Waals surface area contributed by atoms with E-state index in [4.69, 9.17) is 4.74 Å². The number of aliphatic hydroxyl groups is 3. The zero-order chi connectivity index (χ0) is 12.4. The van der Waals surface area contributed by atoms with Crippen LogP contribution in [-0.2, 0) is 11.2 Å². The van der Waals surface area contributed by atoms with Gasteiger partial charge in [0.05, 0.1) is 12.2 Å². The molecule has 0 aliphatic carbocycles. The van der Waals surface area contributed by atoms with Crippen LogP contribution in [0, 0.1) is 0 Å². The summed E-state index contributed by atoms with van der Waals surface area (Å²) in [6, 6.07) is 9.51. The fraction of sp³-hybridized carbons (Fsp3) is 0.538. The molecule has 1 fully saturated rings. The molecule has 1 aromatic carbocycles. The van der Waals surface area contributed by atoms with Crippen LogP contribution in [0.4, 0.5) is 0 Å². The predicted octanol–water partition coefficient (Wildman–Crippen LogP) is 0.0991. The van der Waals surface area contributed by atoms with Gasteiger partial charge in [-0.2, -0.15) is 0 Å². The van der Waals surface area contributed by atoms with Crippen molar-refractivity contribution in [2.45, 2.75) is 43.9 Å². The van der Waals surface area contributed by atoms with E-state index in [0.717, 1.165) is 5.56 Å². The van der Waals surface area contributed by atoms with Crippen molar-refractivity contribution in [1.82, 2.24) is 0 Å². The van der Waals surface area contributed by atoms with Crippen LogP contribution in [0.15, 0.2) is 30.3 Å². The monoisotopic (exact) mass is 238 g/mol. The Labute approximate surface area is 100 Å². The number of benzene rings is 1. The Morgan fingerprint density at radius 2 is 1.82 bits per heavy atom. The smallest absolute Gasteiger partial charge is 0.113 e. The van der Waals surface area contributed by atoms with Gasteiger partial charge < -0.3 is 20.1 Å². The summed E-state index contributed by atoms with van der Waals surface area (Å²) >= 11 is 0. The van der Waals surface area contributed by atoms with Crippen molar-refractivity contribution >= 4 is 0 Å². The largest absolute Gasteiger partial charge is 0.390 e. The first-order valence-corrected chi connectivity index (χ1v) is 5.83. The quantitative estimate of drug-likeness (QED) is 0.698. The third kappa shape index (κ3) is 2.66. The Bertz CT molecular complexity index is 354. The predicted molar refractivity (Wildman–Crippen MR) is 62.5 cm³/mol. The van der Waals surface area contributed by atoms with Gasteiger partial charge in [0.25, 0.3) is 0 Å². The standard InChI is InChI=1S/C13H18O4/c1-8-11(15)12(16)13(17-8)10(14)7-9-5-3-2-4-6-9/h2-6,8,10-16H,7H2,1H3/t8-,10-,11-,12-,13+/m0/s1. The van der Waals surface area contributed by atoms with Gasteiger partial charge in [0.15, 0.2) is 0 Å². The van der Waals surface area contributed by atoms with Crippen LogP contribution in [0.2, 0.25) is 0 Å². The van der Waals surface area contributed by atoms with E-state index in [2.05, 4.69) is 0 Å². The minimum Gasteiger partial charge on any atom is -0.390 e. The Morgan fingerprint density at radius 1 is 1.18 bits per heavy atom.